The van der Waals surface area contributed by atoms with Crippen LogP contribution >= 0.6 is 15.9 Å². The van der Waals surface area contributed by atoms with E-state index in [2.05, 4.69) is 15.9 Å². The topological polar surface area (TPSA) is 35.2 Å². The largest absolute Gasteiger partial charge is 0.457 e. The van der Waals surface area contributed by atoms with Crippen LogP contribution in [0, 0.1) is 6.92 Å². The molecule has 0 aliphatic rings. The molecule has 18 heavy (non-hydrogen) atoms. The van der Waals surface area contributed by atoms with Crippen molar-refractivity contribution in [2.75, 3.05) is 0 Å². The Hall–Kier alpha value is -1.32. The third-order valence-electron chi connectivity index (χ3n) is 2.77. The lowest BCUT2D eigenvalue weighted by Gasteiger charge is -2.09. The first-order chi connectivity index (χ1) is 8.56. The predicted molar refractivity (Wildman–Crippen MR) is 78.0 cm³/mol. The highest BCUT2D eigenvalue weighted by molar-refractivity contribution is 9.10. The van der Waals surface area contributed by atoms with Gasteiger partial charge in [0.05, 0.1) is 0 Å². The number of aryl methyl sites for hydroxylation is 1. The Morgan fingerprint density at radius 1 is 1.06 bits per heavy atom. The van der Waals surface area contributed by atoms with Gasteiger partial charge in [-0.2, -0.15) is 0 Å². The highest BCUT2D eigenvalue weighted by atomic mass is 79.9. The summed E-state index contributed by atoms with van der Waals surface area (Å²) in [7, 11) is 0. The standard InChI is InChI=1S/C15H16BrNO/c1-10-9-14(7-8-15(10)16)18-13-5-3-12(4-6-13)11(2)17/h3-9,11H,17H2,1-2H3. The van der Waals surface area contributed by atoms with Crippen molar-refractivity contribution in [3.05, 3.63) is 58.1 Å². The smallest absolute Gasteiger partial charge is 0.127 e. The van der Waals surface area contributed by atoms with Crippen molar-refractivity contribution in [2.45, 2.75) is 19.9 Å². The summed E-state index contributed by atoms with van der Waals surface area (Å²) in [5, 5.41) is 0. The summed E-state index contributed by atoms with van der Waals surface area (Å²) >= 11 is 3.47. The van der Waals surface area contributed by atoms with Crippen molar-refractivity contribution >= 4 is 15.9 Å². The summed E-state index contributed by atoms with van der Waals surface area (Å²) in [6.07, 6.45) is 0. The van der Waals surface area contributed by atoms with E-state index in [0.29, 0.717) is 0 Å². The van der Waals surface area contributed by atoms with Crippen LogP contribution in [0.3, 0.4) is 0 Å². The molecule has 2 aromatic rings. The first kappa shape index (κ1) is 13.1. The third-order valence-corrected chi connectivity index (χ3v) is 3.66. The van der Waals surface area contributed by atoms with Crippen molar-refractivity contribution in [3.8, 4) is 11.5 Å². The first-order valence-electron chi connectivity index (χ1n) is 5.86. The van der Waals surface area contributed by atoms with E-state index in [4.69, 9.17) is 10.5 Å². The maximum absolute atomic E-state index is 5.81. The van der Waals surface area contributed by atoms with Crippen LogP contribution in [-0.4, -0.2) is 0 Å². The minimum atomic E-state index is 0.0500. The summed E-state index contributed by atoms with van der Waals surface area (Å²) in [6, 6.07) is 13.8. The molecule has 0 radical (unpaired) electrons. The van der Waals surface area contributed by atoms with Crippen LogP contribution in [0.4, 0.5) is 0 Å². The van der Waals surface area contributed by atoms with Crippen LogP contribution in [-0.2, 0) is 0 Å². The van der Waals surface area contributed by atoms with Gasteiger partial charge in [-0.3, -0.25) is 0 Å². The molecule has 2 nitrogen and oxygen atoms in total. The van der Waals surface area contributed by atoms with Gasteiger partial charge in [0.2, 0.25) is 0 Å². The van der Waals surface area contributed by atoms with Gasteiger partial charge in [-0.1, -0.05) is 28.1 Å². The number of nitrogens with two attached hydrogens (primary N) is 1. The highest BCUT2D eigenvalue weighted by Gasteiger charge is 2.02. The van der Waals surface area contributed by atoms with E-state index in [1.54, 1.807) is 0 Å². The molecule has 0 heterocycles. The second-order valence-corrected chi connectivity index (χ2v) is 5.23. The molecule has 1 unspecified atom stereocenters. The zero-order valence-corrected chi connectivity index (χ0v) is 12.1. The normalized spacial score (nSPS) is 12.2. The van der Waals surface area contributed by atoms with Gasteiger partial charge in [0.1, 0.15) is 11.5 Å². The van der Waals surface area contributed by atoms with Gasteiger partial charge < -0.3 is 10.5 Å². The highest BCUT2D eigenvalue weighted by Crippen LogP contribution is 2.26. The van der Waals surface area contributed by atoms with Crippen LogP contribution in [0.2, 0.25) is 0 Å². The average Bonchev–Trinajstić information content (AvgIpc) is 2.34. The molecule has 0 aliphatic heterocycles. The lowest BCUT2D eigenvalue weighted by molar-refractivity contribution is 0.482. The van der Waals surface area contributed by atoms with E-state index in [0.717, 1.165) is 27.1 Å². The Kier molecular flexibility index (Phi) is 4.04. The van der Waals surface area contributed by atoms with Crippen LogP contribution in [0.5, 0.6) is 11.5 Å². The number of halogens is 1. The molecule has 1 atom stereocenters. The fraction of sp³-hybridized carbons (Fsp3) is 0.200. The molecular formula is C15H16BrNO. The molecule has 2 N–H and O–H groups in total. The molecule has 3 heteroatoms. The number of hydrogen-bond acceptors (Lipinski definition) is 2. The maximum Gasteiger partial charge on any atom is 0.127 e. The molecule has 0 saturated carbocycles. The number of ether oxygens (including phenoxy) is 1. The van der Waals surface area contributed by atoms with Gasteiger partial charge in [0.25, 0.3) is 0 Å². The maximum atomic E-state index is 5.81. The minimum absolute atomic E-state index is 0.0500. The van der Waals surface area contributed by atoms with E-state index in [1.165, 1.54) is 0 Å². The predicted octanol–water partition coefficient (Wildman–Crippen LogP) is 4.57. The zero-order chi connectivity index (χ0) is 13.1. The quantitative estimate of drug-likeness (QED) is 0.901. The van der Waals surface area contributed by atoms with E-state index in [-0.39, 0.29) is 6.04 Å². The third kappa shape index (κ3) is 3.12. The number of hydrogen-bond donors (Lipinski definition) is 1. The lowest BCUT2D eigenvalue weighted by Crippen LogP contribution is -2.04. The molecule has 2 aromatic carbocycles. The SMILES string of the molecule is Cc1cc(Oc2ccc(C(C)N)cc2)ccc1Br. The molecule has 0 aromatic heterocycles. The summed E-state index contributed by atoms with van der Waals surface area (Å²) in [4.78, 5) is 0. The van der Waals surface area contributed by atoms with E-state index in [1.807, 2.05) is 56.3 Å². The molecule has 0 fully saturated rings. The molecular weight excluding hydrogens is 290 g/mol. The molecule has 2 rings (SSSR count). The van der Waals surface area contributed by atoms with Crippen molar-refractivity contribution in [2.24, 2.45) is 5.73 Å². The summed E-state index contributed by atoms with van der Waals surface area (Å²) < 4.78 is 6.87. The minimum Gasteiger partial charge on any atom is -0.457 e. The van der Waals surface area contributed by atoms with E-state index in [9.17, 15) is 0 Å². The van der Waals surface area contributed by atoms with Gasteiger partial charge in [-0.15, -0.1) is 0 Å². The fourth-order valence-corrected chi connectivity index (χ4v) is 1.90. The molecule has 0 saturated heterocycles. The monoisotopic (exact) mass is 305 g/mol. The molecule has 0 aliphatic carbocycles. The van der Waals surface area contributed by atoms with Crippen LogP contribution in [0.1, 0.15) is 24.1 Å². The Labute approximate surface area is 116 Å². The van der Waals surface area contributed by atoms with E-state index >= 15 is 0 Å². The number of rotatable bonds is 3. The van der Waals surface area contributed by atoms with Crippen LogP contribution in [0.25, 0.3) is 0 Å². The van der Waals surface area contributed by atoms with Crippen molar-refractivity contribution in [3.63, 3.8) is 0 Å². The summed E-state index contributed by atoms with van der Waals surface area (Å²) in [6.45, 7) is 4.00. The number of benzene rings is 2. The Morgan fingerprint density at radius 3 is 2.22 bits per heavy atom. The van der Waals surface area contributed by atoms with E-state index < -0.39 is 0 Å². The van der Waals surface area contributed by atoms with Gasteiger partial charge in [-0.25, -0.2) is 0 Å². The molecule has 94 valence electrons. The molecule has 0 amide bonds. The second kappa shape index (κ2) is 5.55. The fourth-order valence-electron chi connectivity index (χ4n) is 1.66. The lowest BCUT2D eigenvalue weighted by atomic mass is 10.1. The van der Waals surface area contributed by atoms with Crippen LogP contribution in [0.15, 0.2) is 46.9 Å². The second-order valence-electron chi connectivity index (χ2n) is 4.37. The Bertz CT molecular complexity index is 535. The Morgan fingerprint density at radius 2 is 1.67 bits per heavy atom. The van der Waals surface area contributed by atoms with Crippen molar-refractivity contribution < 1.29 is 4.74 Å². The van der Waals surface area contributed by atoms with Gasteiger partial charge in [0.15, 0.2) is 0 Å². The van der Waals surface area contributed by atoms with Gasteiger partial charge in [0, 0.05) is 10.5 Å². The summed E-state index contributed by atoms with van der Waals surface area (Å²) in [5.41, 5.74) is 8.07. The van der Waals surface area contributed by atoms with Gasteiger partial charge in [-0.05, 0) is 55.3 Å². The van der Waals surface area contributed by atoms with Gasteiger partial charge >= 0.3 is 0 Å². The summed E-state index contributed by atoms with van der Waals surface area (Å²) in [5.74, 6) is 1.66. The molecule has 0 spiro atoms. The van der Waals surface area contributed by atoms with Crippen molar-refractivity contribution in [1.29, 1.82) is 0 Å². The zero-order valence-electron chi connectivity index (χ0n) is 10.5. The molecule has 0 bridgehead atoms. The first-order valence-corrected chi connectivity index (χ1v) is 6.65. The Balaban J connectivity index is 2.15. The van der Waals surface area contributed by atoms with Crippen LogP contribution < -0.4 is 10.5 Å². The van der Waals surface area contributed by atoms with Crippen molar-refractivity contribution in [1.82, 2.24) is 0 Å². The average molecular weight is 306 g/mol.